The van der Waals surface area contributed by atoms with E-state index in [0.717, 1.165) is 4.57 Å². The first-order valence-corrected chi connectivity index (χ1v) is 9.08. The maximum absolute atomic E-state index is 12.8. The van der Waals surface area contributed by atoms with Crippen LogP contribution >= 0.6 is 0 Å². The Morgan fingerprint density at radius 2 is 1.93 bits per heavy atom. The second-order valence-electron chi connectivity index (χ2n) is 7.86. The number of esters is 1. The van der Waals surface area contributed by atoms with Gasteiger partial charge >= 0.3 is 17.8 Å². The summed E-state index contributed by atoms with van der Waals surface area (Å²) in [5.74, 6) is -1.15. The number of methoxy groups -OCH3 is 1. The highest BCUT2D eigenvalue weighted by molar-refractivity contribution is 5.85. The Kier molecular flexibility index (Phi) is 6.50. The number of nitrogens with one attached hydrogen (secondary N) is 2. The van der Waals surface area contributed by atoms with Crippen LogP contribution in [0.25, 0.3) is 0 Å². The van der Waals surface area contributed by atoms with Gasteiger partial charge in [-0.25, -0.2) is 14.4 Å². The van der Waals surface area contributed by atoms with Crippen LogP contribution in [0.15, 0.2) is 15.8 Å². The van der Waals surface area contributed by atoms with E-state index in [9.17, 15) is 24.0 Å². The third-order valence-electron chi connectivity index (χ3n) is 4.31. The predicted molar refractivity (Wildman–Crippen MR) is 101 cm³/mol. The third kappa shape index (κ3) is 5.69. The Labute approximate surface area is 167 Å². The molecule has 0 bridgehead atoms. The maximum atomic E-state index is 12.8. The van der Waals surface area contributed by atoms with Crippen LogP contribution in [0.1, 0.15) is 32.8 Å². The zero-order valence-electron chi connectivity index (χ0n) is 17.1. The van der Waals surface area contributed by atoms with E-state index in [1.54, 1.807) is 20.8 Å². The lowest BCUT2D eigenvalue weighted by molar-refractivity contribution is -0.151. The first kappa shape index (κ1) is 22.2. The number of H-pyrrole nitrogens is 1. The van der Waals surface area contributed by atoms with Gasteiger partial charge in [0, 0.05) is 24.7 Å². The molecule has 1 fully saturated rings. The smallest absolute Gasteiger partial charge is 0.407 e. The van der Waals surface area contributed by atoms with Crippen LogP contribution in [0, 0.1) is 6.92 Å². The second-order valence-corrected chi connectivity index (χ2v) is 7.86. The summed E-state index contributed by atoms with van der Waals surface area (Å²) >= 11 is 0. The molecule has 0 saturated carbocycles. The molecule has 1 aromatic rings. The first-order chi connectivity index (χ1) is 13.4. The summed E-state index contributed by atoms with van der Waals surface area (Å²) in [6, 6.07) is -1.43. The van der Waals surface area contributed by atoms with Crippen LogP contribution in [-0.2, 0) is 25.6 Å². The van der Waals surface area contributed by atoms with Gasteiger partial charge in [-0.3, -0.25) is 19.1 Å². The molecule has 2 N–H and O–H groups in total. The molecule has 0 aromatic carbocycles. The molecule has 1 aliphatic heterocycles. The minimum absolute atomic E-state index is 0.0505. The maximum Gasteiger partial charge on any atom is 0.407 e. The van der Waals surface area contributed by atoms with Crippen molar-refractivity contribution in [2.24, 2.45) is 0 Å². The van der Waals surface area contributed by atoms with Crippen molar-refractivity contribution in [2.45, 2.75) is 58.3 Å². The number of aryl methyl sites for hydroxylation is 1. The number of nitrogens with zero attached hydrogens (tertiary/aromatic N) is 2. The topological polar surface area (TPSA) is 140 Å². The number of hydrogen-bond donors (Lipinski definition) is 2. The summed E-state index contributed by atoms with van der Waals surface area (Å²) in [5, 5.41) is 2.64. The molecule has 0 spiro atoms. The number of carbonyl (C=O) groups is 3. The number of ether oxygens (including phenoxy) is 2. The van der Waals surface area contributed by atoms with E-state index in [4.69, 9.17) is 9.47 Å². The van der Waals surface area contributed by atoms with Crippen LogP contribution in [0.4, 0.5) is 4.79 Å². The minimum Gasteiger partial charge on any atom is -0.467 e. The average Bonchev–Trinajstić information content (AvgIpc) is 3.01. The number of hydrogen-bond acceptors (Lipinski definition) is 7. The van der Waals surface area contributed by atoms with Crippen LogP contribution in [-0.4, -0.2) is 63.8 Å². The summed E-state index contributed by atoms with van der Waals surface area (Å²) in [6.07, 6.45) is 0.767. The summed E-state index contributed by atoms with van der Waals surface area (Å²) in [4.78, 5) is 63.7. The van der Waals surface area contributed by atoms with Gasteiger partial charge in [-0.1, -0.05) is 0 Å². The van der Waals surface area contributed by atoms with Crippen LogP contribution < -0.4 is 16.6 Å². The molecule has 160 valence electrons. The highest BCUT2D eigenvalue weighted by Crippen LogP contribution is 2.20. The molecule has 2 heterocycles. The molecule has 11 heteroatoms. The van der Waals surface area contributed by atoms with Crippen molar-refractivity contribution >= 4 is 18.0 Å². The molecule has 1 aromatic heterocycles. The lowest BCUT2D eigenvalue weighted by Gasteiger charge is -2.23. The van der Waals surface area contributed by atoms with Crippen molar-refractivity contribution in [2.75, 3.05) is 13.7 Å². The van der Waals surface area contributed by atoms with Gasteiger partial charge in [-0.05, 0) is 27.7 Å². The van der Waals surface area contributed by atoms with Crippen LogP contribution in [0.3, 0.4) is 0 Å². The molecule has 1 aliphatic rings. The number of carbonyl (C=O) groups excluding carboxylic acids is 3. The normalized spacial score (nSPS) is 19.0. The van der Waals surface area contributed by atoms with Crippen molar-refractivity contribution in [3.8, 4) is 0 Å². The van der Waals surface area contributed by atoms with Gasteiger partial charge in [0.25, 0.3) is 5.56 Å². The van der Waals surface area contributed by atoms with E-state index >= 15 is 0 Å². The van der Waals surface area contributed by atoms with Gasteiger partial charge in [0.05, 0.1) is 13.2 Å². The molecule has 11 nitrogen and oxygen atoms in total. The predicted octanol–water partition coefficient (Wildman–Crippen LogP) is -0.488. The molecule has 2 amide bonds. The van der Waals surface area contributed by atoms with Gasteiger partial charge in [-0.15, -0.1) is 0 Å². The molecule has 29 heavy (non-hydrogen) atoms. The SMILES string of the molecule is COC(=O)[C@@H]1C[C@H](NC(=O)OC(C)(C)C)CN1C(=O)Cn1cc(C)c(=O)[nH]c1=O. The standard InChI is InChI=1S/C18H26N4O7/c1-10-7-21(16(26)20-14(10)24)9-13(23)22-8-11(6-12(22)15(25)28-5)19-17(27)29-18(2,3)4/h7,11-12H,6,8-9H2,1-5H3,(H,19,27)(H,20,24,26)/t11-,12-/m0/s1. The quantitative estimate of drug-likeness (QED) is 0.639. The number of aromatic amines is 1. The van der Waals surface area contributed by atoms with Crippen molar-refractivity contribution in [1.29, 1.82) is 0 Å². The number of alkyl carbamates (subject to hydrolysis) is 1. The van der Waals surface area contributed by atoms with E-state index in [1.165, 1.54) is 25.1 Å². The highest BCUT2D eigenvalue weighted by atomic mass is 16.6. The first-order valence-electron chi connectivity index (χ1n) is 9.08. The van der Waals surface area contributed by atoms with E-state index in [2.05, 4.69) is 10.3 Å². The van der Waals surface area contributed by atoms with E-state index in [1.807, 2.05) is 0 Å². The van der Waals surface area contributed by atoms with Gasteiger partial charge in [-0.2, -0.15) is 0 Å². The van der Waals surface area contributed by atoms with E-state index < -0.39 is 46.9 Å². The van der Waals surface area contributed by atoms with Crippen molar-refractivity contribution in [1.82, 2.24) is 19.8 Å². The minimum atomic E-state index is -0.910. The highest BCUT2D eigenvalue weighted by Gasteiger charge is 2.41. The molecular weight excluding hydrogens is 384 g/mol. The summed E-state index contributed by atoms with van der Waals surface area (Å²) in [6.45, 7) is 6.35. The Balaban J connectivity index is 2.16. The van der Waals surface area contributed by atoms with Gasteiger partial charge in [0.2, 0.25) is 5.91 Å². The molecule has 1 saturated heterocycles. The molecule has 2 rings (SSSR count). The molecule has 2 atom stereocenters. The van der Waals surface area contributed by atoms with Gasteiger partial charge in [0.1, 0.15) is 18.2 Å². The zero-order chi connectivity index (χ0) is 21.9. The Bertz CT molecular complexity index is 912. The number of rotatable bonds is 4. The molecule has 0 radical (unpaired) electrons. The Morgan fingerprint density at radius 3 is 2.52 bits per heavy atom. The van der Waals surface area contributed by atoms with Crippen LogP contribution in [0.2, 0.25) is 0 Å². The number of likely N-dealkylation sites (tertiary alicyclic amines) is 1. The third-order valence-corrected chi connectivity index (χ3v) is 4.31. The van der Waals surface area contributed by atoms with E-state index in [0.29, 0.717) is 0 Å². The van der Waals surface area contributed by atoms with Gasteiger partial charge < -0.3 is 19.7 Å². The van der Waals surface area contributed by atoms with Crippen molar-refractivity contribution in [3.05, 3.63) is 32.6 Å². The number of aromatic nitrogens is 2. The fourth-order valence-electron chi connectivity index (χ4n) is 3.02. The van der Waals surface area contributed by atoms with Crippen molar-refractivity contribution in [3.63, 3.8) is 0 Å². The largest absolute Gasteiger partial charge is 0.467 e. The average molecular weight is 410 g/mol. The van der Waals surface area contributed by atoms with Crippen molar-refractivity contribution < 1.29 is 23.9 Å². The Hall–Kier alpha value is -3.11. The fourth-order valence-corrected chi connectivity index (χ4v) is 3.02. The van der Waals surface area contributed by atoms with Crippen LogP contribution in [0.5, 0.6) is 0 Å². The fraction of sp³-hybridized carbons (Fsp3) is 0.611. The zero-order valence-corrected chi connectivity index (χ0v) is 17.1. The van der Waals surface area contributed by atoms with Gasteiger partial charge in [0.15, 0.2) is 0 Å². The summed E-state index contributed by atoms with van der Waals surface area (Å²) in [7, 11) is 1.20. The summed E-state index contributed by atoms with van der Waals surface area (Å²) < 4.78 is 11.0. The molecule has 0 aliphatic carbocycles. The second kappa shape index (κ2) is 8.50. The lowest BCUT2D eigenvalue weighted by atomic mass is 10.1. The monoisotopic (exact) mass is 410 g/mol. The Morgan fingerprint density at radius 1 is 1.28 bits per heavy atom. The van der Waals surface area contributed by atoms with E-state index in [-0.39, 0.29) is 25.1 Å². The lowest BCUT2D eigenvalue weighted by Crippen LogP contribution is -2.45. The molecule has 0 unspecified atom stereocenters. The molecular formula is C18H26N4O7. The number of amides is 2. The summed E-state index contributed by atoms with van der Waals surface area (Å²) in [5.41, 5.74) is -1.68.